The molecule has 1 rings (SSSR count). The van der Waals surface area contributed by atoms with Crippen LogP contribution in [0.5, 0.6) is 0 Å². The third-order valence-corrected chi connectivity index (χ3v) is 1.26. The lowest BCUT2D eigenvalue weighted by Gasteiger charge is -2.10. The first-order chi connectivity index (χ1) is 4.84. The molecule has 0 bridgehead atoms. The van der Waals surface area contributed by atoms with E-state index in [9.17, 15) is 9.70 Å². The Balaban J connectivity index is 2.54. The van der Waals surface area contributed by atoms with E-state index >= 15 is 0 Å². The smallest absolute Gasteiger partial charge is 0.295 e. The monoisotopic (exact) mass is 141 g/mol. The normalized spacial score (nSPS) is 24.2. The van der Waals surface area contributed by atoms with Crippen LogP contribution in [-0.4, -0.2) is 25.3 Å². The van der Waals surface area contributed by atoms with Crippen molar-refractivity contribution in [3.05, 3.63) is 4.91 Å². The van der Waals surface area contributed by atoms with Gasteiger partial charge in [0.2, 0.25) is 0 Å². The highest BCUT2D eigenvalue weighted by molar-refractivity contribution is 5.94. The second kappa shape index (κ2) is 3.17. The molecular formula is C5H7N3O2. The molecule has 1 aliphatic heterocycles. The molecule has 0 saturated carbocycles. The van der Waals surface area contributed by atoms with Crippen LogP contribution in [0.25, 0.3) is 0 Å². The SMILES string of the molecule is O=NC(=O)C1C=NCNC1. The topological polar surface area (TPSA) is 70.9 Å². The number of hydrogen-bond donors (Lipinski definition) is 1. The highest BCUT2D eigenvalue weighted by atomic mass is 16.3. The molecule has 0 radical (unpaired) electrons. The lowest BCUT2D eigenvalue weighted by atomic mass is 10.1. The van der Waals surface area contributed by atoms with Crippen LogP contribution < -0.4 is 5.32 Å². The summed E-state index contributed by atoms with van der Waals surface area (Å²) < 4.78 is 0. The minimum absolute atomic E-state index is 0.453. The van der Waals surface area contributed by atoms with Crippen LogP contribution in [0.1, 0.15) is 0 Å². The summed E-state index contributed by atoms with van der Waals surface area (Å²) in [4.78, 5) is 24.0. The molecule has 54 valence electrons. The summed E-state index contributed by atoms with van der Waals surface area (Å²) in [7, 11) is 0. The predicted molar refractivity (Wildman–Crippen MR) is 35.7 cm³/mol. The molecule has 10 heavy (non-hydrogen) atoms. The Morgan fingerprint density at radius 3 is 3.10 bits per heavy atom. The summed E-state index contributed by atoms with van der Waals surface area (Å²) in [5, 5.41) is 5.12. The first kappa shape index (κ1) is 7.01. The summed E-state index contributed by atoms with van der Waals surface area (Å²) in [5.74, 6) is -1.11. The summed E-state index contributed by atoms with van der Waals surface area (Å²) in [6.45, 7) is 0.983. The van der Waals surface area contributed by atoms with E-state index in [1.165, 1.54) is 6.21 Å². The van der Waals surface area contributed by atoms with Crippen molar-refractivity contribution in [2.75, 3.05) is 13.2 Å². The van der Waals surface area contributed by atoms with Crippen molar-refractivity contribution in [2.45, 2.75) is 0 Å². The van der Waals surface area contributed by atoms with Crippen molar-refractivity contribution in [3.8, 4) is 0 Å². The van der Waals surface area contributed by atoms with Gasteiger partial charge in [-0.05, 0) is 0 Å². The van der Waals surface area contributed by atoms with Gasteiger partial charge in [0.05, 0.1) is 12.6 Å². The maximum absolute atomic E-state index is 10.6. The summed E-state index contributed by atoms with van der Waals surface area (Å²) in [5.41, 5.74) is 0. The van der Waals surface area contributed by atoms with Crippen LogP contribution in [0.3, 0.4) is 0 Å². The first-order valence-electron chi connectivity index (χ1n) is 2.92. The average Bonchev–Trinajstić information content (AvgIpc) is 2.05. The van der Waals surface area contributed by atoms with Crippen molar-refractivity contribution < 1.29 is 4.79 Å². The van der Waals surface area contributed by atoms with E-state index in [-0.39, 0.29) is 0 Å². The Morgan fingerprint density at radius 1 is 1.80 bits per heavy atom. The number of aliphatic imine (C=N–C) groups is 1. The van der Waals surface area contributed by atoms with E-state index in [0.717, 1.165) is 0 Å². The van der Waals surface area contributed by atoms with Crippen LogP contribution in [0, 0.1) is 10.8 Å². The molecule has 0 spiro atoms. The lowest BCUT2D eigenvalue weighted by molar-refractivity contribution is -0.119. The zero-order valence-corrected chi connectivity index (χ0v) is 5.28. The van der Waals surface area contributed by atoms with Gasteiger partial charge in [0.1, 0.15) is 0 Å². The number of nitrogens with zero attached hydrogens (tertiary/aromatic N) is 2. The Hall–Kier alpha value is -1.10. The molecule has 0 aromatic carbocycles. The number of carbonyl (C=O) groups excluding carboxylic acids is 1. The van der Waals surface area contributed by atoms with E-state index in [1.807, 2.05) is 0 Å². The summed E-state index contributed by atoms with van der Waals surface area (Å²) in [6.07, 6.45) is 1.46. The van der Waals surface area contributed by atoms with Gasteiger partial charge in [-0.1, -0.05) is 0 Å². The number of rotatable bonds is 1. The molecule has 0 saturated heterocycles. The lowest BCUT2D eigenvalue weighted by Crippen LogP contribution is -2.32. The molecule has 0 aliphatic carbocycles. The standard InChI is InChI=1S/C5H7N3O2/c9-5(8-10)4-1-6-3-7-2-4/h1,4,7H,2-3H2. The second-order valence-electron chi connectivity index (χ2n) is 1.98. The first-order valence-corrected chi connectivity index (χ1v) is 2.92. The largest absolute Gasteiger partial charge is 0.297 e. The Labute approximate surface area is 57.5 Å². The zero-order chi connectivity index (χ0) is 7.40. The van der Waals surface area contributed by atoms with Crippen molar-refractivity contribution in [1.29, 1.82) is 0 Å². The number of nitrogens with one attached hydrogen (secondary N) is 1. The fraction of sp³-hybridized carbons (Fsp3) is 0.600. The van der Waals surface area contributed by atoms with Gasteiger partial charge in [-0.2, -0.15) is 0 Å². The third kappa shape index (κ3) is 1.44. The quantitative estimate of drug-likeness (QED) is 0.501. The van der Waals surface area contributed by atoms with E-state index in [4.69, 9.17) is 0 Å². The van der Waals surface area contributed by atoms with Crippen LogP contribution in [0.4, 0.5) is 0 Å². The molecule has 1 atom stereocenters. The van der Waals surface area contributed by atoms with Gasteiger partial charge in [0, 0.05) is 17.9 Å². The van der Waals surface area contributed by atoms with Gasteiger partial charge in [0.25, 0.3) is 5.91 Å². The summed E-state index contributed by atoms with van der Waals surface area (Å²) in [6, 6.07) is 0. The molecule has 0 aromatic rings. The van der Waals surface area contributed by atoms with Crippen LogP contribution in [-0.2, 0) is 4.79 Å². The molecule has 0 fully saturated rings. The molecule has 1 unspecified atom stereocenters. The number of nitroso groups, excluding NO2 is 1. The molecule has 5 nitrogen and oxygen atoms in total. The van der Waals surface area contributed by atoms with E-state index < -0.39 is 11.8 Å². The van der Waals surface area contributed by atoms with Crippen LogP contribution in [0.2, 0.25) is 0 Å². The third-order valence-electron chi connectivity index (χ3n) is 1.26. The van der Waals surface area contributed by atoms with Crippen molar-refractivity contribution in [3.63, 3.8) is 0 Å². The molecule has 0 aromatic heterocycles. The van der Waals surface area contributed by atoms with E-state index in [1.54, 1.807) is 0 Å². The fourth-order valence-corrected chi connectivity index (χ4v) is 0.736. The molecule has 1 amide bonds. The number of hydrogen-bond acceptors (Lipinski definition) is 4. The Bertz CT molecular complexity index is 178. The van der Waals surface area contributed by atoms with Gasteiger partial charge in [-0.15, -0.1) is 4.91 Å². The van der Waals surface area contributed by atoms with Gasteiger partial charge in [-0.3, -0.25) is 15.1 Å². The zero-order valence-electron chi connectivity index (χ0n) is 5.28. The molecule has 1 N–H and O–H groups in total. The molecular weight excluding hydrogens is 134 g/mol. The van der Waals surface area contributed by atoms with Gasteiger partial charge >= 0.3 is 0 Å². The minimum Gasteiger partial charge on any atom is -0.297 e. The molecule has 5 heteroatoms. The average molecular weight is 141 g/mol. The van der Waals surface area contributed by atoms with Gasteiger partial charge in [-0.25, -0.2) is 0 Å². The van der Waals surface area contributed by atoms with E-state index in [0.29, 0.717) is 13.2 Å². The maximum Gasteiger partial charge on any atom is 0.295 e. The fourth-order valence-electron chi connectivity index (χ4n) is 0.736. The summed E-state index contributed by atoms with van der Waals surface area (Å²) >= 11 is 0. The van der Waals surface area contributed by atoms with Crippen LogP contribution in [0.15, 0.2) is 10.2 Å². The number of amides is 1. The predicted octanol–water partition coefficient (Wildman–Crippen LogP) is -0.473. The van der Waals surface area contributed by atoms with Crippen molar-refractivity contribution in [2.24, 2.45) is 16.1 Å². The Kier molecular flexibility index (Phi) is 2.22. The van der Waals surface area contributed by atoms with Crippen LogP contribution >= 0.6 is 0 Å². The highest BCUT2D eigenvalue weighted by Gasteiger charge is 2.17. The van der Waals surface area contributed by atoms with Gasteiger partial charge < -0.3 is 0 Å². The Morgan fingerprint density at radius 2 is 2.60 bits per heavy atom. The number of carbonyl (C=O) groups is 1. The highest BCUT2D eigenvalue weighted by Crippen LogP contribution is 1.97. The molecule has 1 heterocycles. The van der Waals surface area contributed by atoms with Crippen molar-refractivity contribution >= 4 is 12.1 Å². The maximum atomic E-state index is 10.6. The van der Waals surface area contributed by atoms with E-state index in [2.05, 4.69) is 15.5 Å². The second-order valence-corrected chi connectivity index (χ2v) is 1.98. The molecule has 1 aliphatic rings. The van der Waals surface area contributed by atoms with Gasteiger partial charge in [0.15, 0.2) is 0 Å². The van der Waals surface area contributed by atoms with Crippen molar-refractivity contribution in [1.82, 2.24) is 5.32 Å². The minimum atomic E-state index is -0.657.